The van der Waals surface area contributed by atoms with Crippen LogP contribution in [0.2, 0.25) is 0 Å². The van der Waals surface area contributed by atoms with Gasteiger partial charge in [-0.25, -0.2) is 4.79 Å². The Balaban J connectivity index is 1.45. The molecule has 13 heteroatoms. The number of imidazole rings is 1. The van der Waals surface area contributed by atoms with Gasteiger partial charge in [-0.3, -0.25) is 28.6 Å². The van der Waals surface area contributed by atoms with Crippen LogP contribution in [0.3, 0.4) is 0 Å². The van der Waals surface area contributed by atoms with Crippen molar-refractivity contribution < 1.29 is 14.8 Å². The largest absolute Gasteiger partial charge is 0.507 e. The Morgan fingerprint density at radius 2 is 1.68 bits per heavy atom. The molecule has 1 amide bonds. The zero-order chi connectivity index (χ0) is 27.0. The fourth-order valence-electron chi connectivity index (χ4n) is 4.11. The number of para-hydroxylation sites is 2. The van der Waals surface area contributed by atoms with E-state index in [0.29, 0.717) is 27.6 Å². The van der Waals surface area contributed by atoms with E-state index >= 15 is 0 Å². The lowest BCUT2D eigenvalue weighted by molar-refractivity contribution is -0.383. The smallest absolute Gasteiger partial charge is 0.328 e. The van der Waals surface area contributed by atoms with Gasteiger partial charge in [0.2, 0.25) is 5.91 Å². The number of hydrogen-bond acceptors (Lipinski definition) is 8. The molecule has 2 aromatic heterocycles. The molecular formula is C25H21N7O5S. The first-order chi connectivity index (χ1) is 18.3. The number of carbonyl (C=O) groups excluding carboxylic acids is 1. The van der Waals surface area contributed by atoms with Gasteiger partial charge in [0, 0.05) is 25.8 Å². The standard InChI is InChI=1S/C25H21N7O5S/c1-29-19-12-17(18(32(36)37)13-20(19)30(2)25(29)35)26-22(34)14-38-24-28-27-23(16-10-6-7-11-21(16)33)31(24)15-8-4-3-5-9-15/h3-13,33H,14H2,1-2H3,(H,26,34). The Kier molecular flexibility index (Phi) is 6.43. The van der Waals surface area contributed by atoms with Gasteiger partial charge in [-0.05, 0) is 30.3 Å². The van der Waals surface area contributed by atoms with E-state index in [0.717, 1.165) is 17.4 Å². The summed E-state index contributed by atoms with van der Waals surface area (Å²) in [6, 6.07) is 18.7. The molecule has 2 heterocycles. The number of nitro groups is 1. The molecule has 2 N–H and O–H groups in total. The van der Waals surface area contributed by atoms with E-state index in [-0.39, 0.29) is 28.6 Å². The predicted molar refractivity (Wildman–Crippen MR) is 143 cm³/mol. The van der Waals surface area contributed by atoms with Crippen molar-refractivity contribution in [3.8, 4) is 22.8 Å². The van der Waals surface area contributed by atoms with E-state index in [2.05, 4.69) is 15.5 Å². The van der Waals surface area contributed by atoms with Crippen LogP contribution in [0, 0.1) is 10.1 Å². The third kappa shape index (κ3) is 4.39. The Hall–Kier alpha value is -4.91. The molecule has 0 bridgehead atoms. The molecule has 192 valence electrons. The third-order valence-corrected chi connectivity index (χ3v) is 6.91. The second kappa shape index (κ2) is 9.86. The van der Waals surface area contributed by atoms with Gasteiger partial charge in [0.25, 0.3) is 5.69 Å². The monoisotopic (exact) mass is 531 g/mol. The van der Waals surface area contributed by atoms with E-state index in [1.807, 2.05) is 30.3 Å². The zero-order valence-electron chi connectivity index (χ0n) is 20.2. The molecule has 0 saturated heterocycles. The van der Waals surface area contributed by atoms with Crippen LogP contribution in [0.15, 0.2) is 76.7 Å². The van der Waals surface area contributed by atoms with Crippen LogP contribution in [-0.2, 0) is 18.9 Å². The summed E-state index contributed by atoms with van der Waals surface area (Å²) >= 11 is 1.08. The number of carbonyl (C=O) groups is 1. The number of phenolic OH excluding ortho intramolecular Hbond substituents is 1. The first-order valence-corrected chi connectivity index (χ1v) is 12.3. The summed E-state index contributed by atoms with van der Waals surface area (Å²) in [6.45, 7) is 0. The number of amides is 1. The number of nitrogens with one attached hydrogen (secondary N) is 1. The average Bonchev–Trinajstić information content (AvgIpc) is 3.42. The summed E-state index contributed by atoms with van der Waals surface area (Å²) in [4.78, 5) is 36.3. The SMILES string of the molecule is Cn1c(=O)n(C)c2cc([N+](=O)[O-])c(NC(=O)CSc3nnc(-c4ccccc4O)n3-c3ccccc3)cc21. The van der Waals surface area contributed by atoms with Crippen molar-refractivity contribution in [3.63, 3.8) is 0 Å². The van der Waals surface area contributed by atoms with Gasteiger partial charge < -0.3 is 10.4 Å². The number of anilines is 1. The van der Waals surface area contributed by atoms with Gasteiger partial charge in [-0.2, -0.15) is 0 Å². The lowest BCUT2D eigenvalue weighted by Crippen LogP contribution is -2.19. The highest BCUT2D eigenvalue weighted by Gasteiger charge is 2.23. The number of rotatable bonds is 7. The van der Waals surface area contributed by atoms with Crippen LogP contribution in [0.25, 0.3) is 28.1 Å². The van der Waals surface area contributed by atoms with Crippen molar-refractivity contribution in [2.24, 2.45) is 14.1 Å². The van der Waals surface area contributed by atoms with Crippen LogP contribution >= 0.6 is 11.8 Å². The summed E-state index contributed by atoms with van der Waals surface area (Å²) in [5.41, 5.74) is 1.34. The van der Waals surface area contributed by atoms with E-state index < -0.39 is 10.8 Å². The number of aromatic nitrogens is 5. The van der Waals surface area contributed by atoms with Crippen molar-refractivity contribution >= 4 is 40.1 Å². The first-order valence-electron chi connectivity index (χ1n) is 11.3. The molecule has 0 aliphatic rings. The van der Waals surface area contributed by atoms with Gasteiger partial charge in [-0.15, -0.1) is 10.2 Å². The quantitative estimate of drug-likeness (QED) is 0.184. The minimum Gasteiger partial charge on any atom is -0.507 e. The minimum atomic E-state index is -0.607. The average molecular weight is 532 g/mol. The van der Waals surface area contributed by atoms with E-state index in [1.54, 1.807) is 35.9 Å². The van der Waals surface area contributed by atoms with Gasteiger partial charge in [0.1, 0.15) is 11.4 Å². The van der Waals surface area contributed by atoms with Gasteiger partial charge in [0.05, 0.1) is 27.3 Å². The summed E-state index contributed by atoms with van der Waals surface area (Å²) in [7, 11) is 3.08. The molecule has 38 heavy (non-hydrogen) atoms. The van der Waals surface area contributed by atoms with Crippen molar-refractivity contribution in [1.29, 1.82) is 0 Å². The van der Waals surface area contributed by atoms with Crippen molar-refractivity contribution in [1.82, 2.24) is 23.9 Å². The number of nitro benzene ring substituents is 1. The Morgan fingerprint density at radius 1 is 1.03 bits per heavy atom. The van der Waals surface area contributed by atoms with Crippen LogP contribution in [-0.4, -0.2) is 45.6 Å². The third-order valence-electron chi connectivity index (χ3n) is 5.99. The molecule has 5 aromatic rings. The van der Waals surface area contributed by atoms with Gasteiger partial charge in [-0.1, -0.05) is 42.1 Å². The summed E-state index contributed by atoms with van der Waals surface area (Å²) in [5, 5.41) is 33.6. The second-order valence-corrected chi connectivity index (χ2v) is 9.29. The highest BCUT2D eigenvalue weighted by Crippen LogP contribution is 2.33. The lowest BCUT2D eigenvalue weighted by Gasteiger charge is -2.11. The number of fused-ring (bicyclic) bond motifs is 1. The fourth-order valence-corrected chi connectivity index (χ4v) is 4.86. The Labute approximate surface area is 219 Å². The number of hydrogen-bond donors (Lipinski definition) is 2. The topological polar surface area (TPSA) is 150 Å². The maximum atomic E-state index is 12.9. The lowest BCUT2D eigenvalue weighted by atomic mass is 10.2. The fraction of sp³-hybridized carbons (Fsp3) is 0.120. The van der Waals surface area contributed by atoms with Crippen LogP contribution in [0.4, 0.5) is 11.4 Å². The molecule has 0 aliphatic carbocycles. The van der Waals surface area contributed by atoms with Crippen molar-refractivity contribution in [3.05, 3.63) is 87.3 Å². The van der Waals surface area contributed by atoms with Crippen molar-refractivity contribution in [2.75, 3.05) is 11.1 Å². The molecule has 5 rings (SSSR count). The molecule has 12 nitrogen and oxygen atoms in total. The van der Waals surface area contributed by atoms with Crippen molar-refractivity contribution in [2.45, 2.75) is 5.16 Å². The summed E-state index contributed by atoms with van der Waals surface area (Å²) in [6.07, 6.45) is 0. The molecule has 0 unspecified atom stereocenters. The molecule has 0 radical (unpaired) electrons. The number of nitrogens with zero attached hydrogens (tertiary/aromatic N) is 6. The summed E-state index contributed by atoms with van der Waals surface area (Å²) < 4.78 is 4.38. The normalized spacial score (nSPS) is 11.1. The highest BCUT2D eigenvalue weighted by atomic mass is 32.2. The number of benzene rings is 3. The minimum absolute atomic E-state index is 0.0197. The molecule has 0 aliphatic heterocycles. The van der Waals surface area contributed by atoms with Crippen LogP contribution < -0.4 is 11.0 Å². The molecule has 0 atom stereocenters. The first kappa shape index (κ1) is 24.8. The number of aromatic hydroxyl groups is 1. The maximum absolute atomic E-state index is 12.9. The molecule has 0 fully saturated rings. The molecule has 0 spiro atoms. The highest BCUT2D eigenvalue weighted by molar-refractivity contribution is 7.99. The Bertz CT molecular complexity index is 1760. The predicted octanol–water partition coefficient (Wildman–Crippen LogP) is 3.47. The maximum Gasteiger partial charge on any atom is 0.328 e. The van der Waals surface area contributed by atoms with E-state index in [1.165, 1.54) is 28.3 Å². The molecule has 3 aromatic carbocycles. The number of thioether (sulfide) groups is 1. The zero-order valence-corrected chi connectivity index (χ0v) is 21.0. The van der Waals surface area contributed by atoms with Crippen LogP contribution in [0.5, 0.6) is 5.75 Å². The number of aryl methyl sites for hydroxylation is 2. The molecular weight excluding hydrogens is 510 g/mol. The van der Waals surface area contributed by atoms with Gasteiger partial charge in [0.15, 0.2) is 11.0 Å². The van der Waals surface area contributed by atoms with E-state index in [9.17, 15) is 24.8 Å². The van der Waals surface area contributed by atoms with Crippen LogP contribution in [0.1, 0.15) is 0 Å². The second-order valence-electron chi connectivity index (χ2n) is 8.35. The summed E-state index contributed by atoms with van der Waals surface area (Å²) in [5.74, 6) is -0.216. The molecule has 0 saturated carbocycles. The number of phenols is 1. The Morgan fingerprint density at radius 3 is 2.37 bits per heavy atom. The van der Waals surface area contributed by atoms with E-state index in [4.69, 9.17) is 0 Å². The van der Waals surface area contributed by atoms with Gasteiger partial charge >= 0.3 is 5.69 Å².